The number of hydrogen-bond acceptors (Lipinski definition) is 4. The number of nitrogens with zero attached hydrogens (tertiary/aromatic N) is 3. The highest BCUT2D eigenvalue weighted by molar-refractivity contribution is 6.17. The standard InChI is InChI=1S/C27H28N4O/c1-19-7-11-21(12-8-19)15-23-16-28-26(32)17-29-27-30(18-22-13-9-20(2)10-14-22)24-5-3-4-6-25(24)31(23)27/h3-14,23H,15-18H2,1-2H3,(H,28,32)/b29-27-. The summed E-state index contributed by atoms with van der Waals surface area (Å²) in [6.07, 6.45) is 0.826. The van der Waals surface area contributed by atoms with Crippen LogP contribution in [-0.2, 0) is 17.8 Å². The number of aryl methyl sites for hydroxylation is 2. The number of carbonyl (C=O) groups excluding carboxylic acids is 1. The van der Waals surface area contributed by atoms with Crippen molar-refractivity contribution >= 4 is 23.2 Å². The number of fused-ring (bicyclic) bond motifs is 3. The van der Waals surface area contributed by atoms with Crippen molar-refractivity contribution in [3.05, 3.63) is 95.1 Å². The first kappa shape index (κ1) is 20.3. The van der Waals surface area contributed by atoms with Crippen molar-refractivity contribution in [2.24, 2.45) is 4.99 Å². The molecule has 0 aromatic heterocycles. The first-order valence-electron chi connectivity index (χ1n) is 11.2. The molecule has 0 bridgehead atoms. The van der Waals surface area contributed by atoms with Gasteiger partial charge in [0.05, 0.1) is 24.0 Å². The van der Waals surface area contributed by atoms with E-state index < -0.39 is 0 Å². The van der Waals surface area contributed by atoms with Crippen LogP contribution in [0, 0.1) is 13.8 Å². The van der Waals surface area contributed by atoms with E-state index >= 15 is 0 Å². The molecule has 0 saturated carbocycles. The molecule has 2 aliphatic heterocycles. The molecule has 0 fully saturated rings. The summed E-state index contributed by atoms with van der Waals surface area (Å²) in [5.74, 6) is 0.830. The number of anilines is 2. The summed E-state index contributed by atoms with van der Waals surface area (Å²) in [6.45, 7) is 5.64. The van der Waals surface area contributed by atoms with Crippen molar-refractivity contribution in [2.75, 3.05) is 22.9 Å². The highest BCUT2D eigenvalue weighted by Gasteiger charge is 2.38. The van der Waals surface area contributed by atoms with Gasteiger partial charge >= 0.3 is 0 Å². The number of rotatable bonds is 4. The van der Waals surface area contributed by atoms with Crippen LogP contribution < -0.4 is 15.1 Å². The van der Waals surface area contributed by atoms with Crippen LogP contribution in [0.1, 0.15) is 22.3 Å². The Morgan fingerprint density at radius 1 is 0.875 bits per heavy atom. The van der Waals surface area contributed by atoms with Gasteiger partial charge in [0.15, 0.2) is 0 Å². The second-order valence-corrected chi connectivity index (χ2v) is 8.69. The van der Waals surface area contributed by atoms with Gasteiger partial charge in [0.2, 0.25) is 11.9 Å². The lowest BCUT2D eigenvalue weighted by atomic mass is 10.0. The van der Waals surface area contributed by atoms with Gasteiger partial charge < -0.3 is 15.1 Å². The molecule has 0 spiro atoms. The van der Waals surface area contributed by atoms with Gasteiger partial charge in [-0.2, -0.15) is 0 Å². The minimum atomic E-state index is -0.0303. The Bertz CT molecular complexity index is 1150. The Morgan fingerprint density at radius 2 is 1.50 bits per heavy atom. The predicted octanol–water partition coefficient (Wildman–Crippen LogP) is 4.23. The third kappa shape index (κ3) is 3.98. The van der Waals surface area contributed by atoms with Crippen LogP contribution in [0.2, 0.25) is 0 Å². The van der Waals surface area contributed by atoms with Crippen molar-refractivity contribution < 1.29 is 4.79 Å². The quantitative estimate of drug-likeness (QED) is 0.682. The second-order valence-electron chi connectivity index (χ2n) is 8.69. The van der Waals surface area contributed by atoms with Crippen LogP contribution >= 0.6 is 0 Å². The number of amides is 1. The lowest BCUT2D eigenvalue weighted by Crippen LogP contribution is -2.52. The van der Waals surface area contributed by atoms with E-state index in [9.17, 15) is 4.79 Å². The monoisotopic (exact) mass is 424 g/mol. The second kappa shape index (κ2) is 8.50. The zero-order valence-electron chi connectivity index (χ0n) is 18.6. The summed E-state index contributed by atoms with van der Waals surface area (Å²) in [6, 6.07) is 25.8. The van der Waals surface area contributed by atoms with Crippen molar-refractivity contribution in [1.82, 2.24) is 5.32 Å². The molecule has 32 heavy (non-hydrogen) atoms. The van der Waals surface area contributed by atoms with E-state index in [0.29, 0.717) is 13.1 Å². The van der Waals surface area contributed by atoms with Crippen molar-refractivity contribution in [3.8, 4) is 0 Å². The van der Waals surface area contributed by atoms with Crippen LogP contribution in [0.4, 0.5) is 11.4 Å². The average molecular weight is 425 g/mol. The van der Waals surface area contributed by atoms with E-state index in [1.807, 2.05) is 0 Å². The van der Waals surface area contributed by atoms with Gasteiger partial charge in [0.25, 0.3) is 0 Å². The molecule has 2 aliphatic rings. The maximum Gasteiger partial charge on any atom is 0.241 e. The summed E-state index contributed by atoms with van der Waals surface area (Å²) < 4.78 is 0. The Kier molecular flexibility index (Phi) is 5.39. The average Bonchev–Trinajstić information content (AvgIpc) is 3.09. The first-order chi connectivity index (χ1) is 15.6. The summed E-state index contributed by atoms with van der Waals surface area (Å²) in [7, 11) is 0. The van der Waals surface area contributed by atoms with E-state index in [4.69, 9.17) is 4.99 Å². The molecule has 5 nitrogen and oxygen atoms in total. The molecule has 1 unspecified atom stereocenters. The van der Waals surface area contributed by atoms with Gasteiger partial charge in [-0.3, -0.25) is 4.79 Å². The summed E-state index contributed by atoms with van der Waals surface area (Å²) in [5.41, 5.74) is 7.25. The normalized spacial score (nSPS) is 19.4. The van der Waals surface area contributed by atoms with Crippen LogP contribution in [0.5, 0.6) is 0 Å². The van der Waals surface area contributed by atoms with Gasteiger partial charge in [-0.15, -0.1) is 0 Å². The summed E-state index contributed by atoms with van der Waals surface area (Å²) >= 11 is 0. The van der Waals surface area contributed by atoms with Crippen LogP contribution in [-0.4, -0.2) is 31.0 Å². The fourth-order valence-electron chi connectivity index (χ4n) is 4.48. The van der Waals surface area contributed by atoms with E-state index in [1.54, 1.807) is 0 Å². The molecule has 5 rings (SSSR count). The molecule has 2 heterocycles. The van der Waals surface area contributed by atoms with E-state index in [0.717, 1.165) is 23.8 Å². The first-order valence-corrected chi connectivity index (χ1v) is 11.2. The SMILES string of the molecule is Cc1ccc(CC2CNC(=O)C/N=C3/N(Cc4ccc(C)cc4)c4ccccc4N32)cc1. The number of para-hydroxylation sites is 2. The van der Waals surface area contributed by atoms with Crippen molar-refractivity contribution in [2.45, 2.75) is 32.9 Å². The van der Waals surface area contributed by atoms with Crippen molar-refractivity contribution in [1.29, 1.82) is 0 Å². The van der Waals surface area contributed by atoms with Gasteiger partial charge in [-0.1, -0.05) is 71.8 Å². The molecule has 5 heteroatoms. The summed E-state index contributed by atoms with van der Waals surface area (Å²) in [4.78, 5) is 21.8. The van der Waals surface area contributed by atoms with Gasteiger partial charge in [-0.25, -0.2) is 4.99 Å². The molecule has 1 atom stereocenters. The smallest absolute Gasteiger partial charge is 0.241 e. The Hall–Kier alpha value is -3.60. The minimum absolute atomic E-state index is 0.0303. The molecule has 1 amide bonds. The Morgan fingerprint density at radius 3 is 2.19 bits per heavy atom. The molecule has 162 valence electrons. The van der Waals surface area contributed by atoms with Crippen LogP contribution in [0.3, 0.4) is 0 Å². The molecule has 3 aromatic rings. The zero-order valence-corrected chi connectivity index (χ0v) is 18.6. The molecule has 0 radical (unpaired) electrons. The lowest BCUT2D eigenvalue weighted by Gasteiger charge is -2.33. The van der Waals surface area contributed by atoms with Gasteiger partial charge in [-0.05, 0) is 43.5 Å². The van der Waals surface area contributed by atoms with E-state index in [-0.39, 0.29) is 18.5 Å². The maximum atomic E-state index is 12.4. The third-order valence-electron chi connectivity index (χ3n) is 6.21. The van der Waals surface area contributed by atoms with Gasteiger partial charge in [0, 0.05) is 6.54 Å². The van der Waals surface area contributed by atoms with Crippen LogP contribution in [0.25, 0.3) is 0 Å². The lowest BCUT2D eigenvalue weighted by molar-refractivity contribution is -0.119. The molecule has 3 aromatic carbocycles. The number of carbonyl (C=O) groups is 1. The number of nitrogens with one attached hydrogen (secondary N) is 1. The number of hydrogen-bond donors (Lipinski definition) is 1. The molecular weight excluding hydrogens is 396 g/mol. The van der Waals surface area contributed by atoms with Crippen molar-refractivity contribution in [3.63, 3.8) is 0 Å². The Balaban J connectivity index is 1.54. The predicted molar refractivity (Wildman–Crippen MR) is 130 cm³/mol. The van der Waals surface area contributed by atoms with Crippen LogP contribution in [0.15, 0.2) is 77.8 Å². The highest BCUT2D eigenvalue weighted by Crippen LogP contribution is 2.40. The number of guanidine groups is 1. The summed E-state index contributed by atoms with van der Waals surface area (Å²) in [5, 5.41) is 3.07. The van der Waals surface area contributed by atoms with E-state index in [1.165, 1.54) is 22.3 Å². The molecule has 0 aliphatic carbocycles. The highest BCUT2D eigenvalue weighted by atomic mass is 16.1. The minimum Gasteiger partial charge on any atom is -0.352 e. The topological polar surface area (TPSA) is 47.9 Å². The Labute approximate surface area is 189 Å². The molecule has 1 N–H and O–H groups in total. The zero-order chi connectivity index (χ0) is 22.1. The van der Waals surface area contributed by atoms with Gasteiger partial charge in [0.1, 0.15) is 6.54 Å². The molecule has 0 saturated heterocycles. The van der Waals surface area contributed by atoms with E-state index in [2.05, 4.69) is 102 Å². The third-order valence-corrected chi connectivity index (χ3v) is 6.21. The fraction of sp³-hybridized carbons (Fsp3) is 0.259. The largest absolute Gasteiger partial charge is 0.352 e. The fourth-order valence-corrected chi connectivity index (χ4v) is 4.48. The maximum absolute atomic E-state index is 12.4. The number of aliphatic imine (C=N–C) groups is 1. The number of benzene rings is 3. The molecular formula is C27H28N4O.